The van der Waals surface area contributed by atoms with Gasteiger partial charge in [-0.05, 0) is 30.5 Å². The standard InChI is InChI=1S/C11H17NO3S/c1-16(14,15)8-2-3-11(13)9-4-6-10(12)7-5-9/h4-7,11,13H,2-3,8,12H2,1H3. The number of benzene rings is 1. The summed E-state index contributed by atoms with van der Waals surface area (Å²) in [6, 6.07) is 6.94. The molecule has 0 aliphatic carbocycles. The van der Waals surface area contributed by atoms with Gasteiger partial charge in [0.2, 0.25) is 0 Å². The highest BCUT2D eigenvalue weighted by Gasteiger charge is 2.09. The van der Waals surface area contributed by atoms with Gasteiger partial charge in [-0.3, -0.25) is 0 Å². The van der Waals surface area contributed by atoms with E-state index in [4.69, 9.17) is 5.73 Å². The maximum Gasteiger partial charge on any atom is 0.147 e. The first-order valence-electron chi connectivity index (χ1n) is 5.10. The number of hydrogen-bond acceptors (Lipinski definition) is 4. The lowest BCUT2D eigenvalue weighted by atomic mass is 10.1. The predicted octanol–water partition coefficient (Wildman–Crippen LogP) is 1.13. The second-order valence-corrected chi connectivity index (χ2v) is 6.21. The highest BCUT2D eigenvalue weighted by atomic mass is 32.2. The van der Waals surface area contributed by atoms with Crippen LogP contribution in [0.25, 0.3) is 0 Å². The van der Waals surface area contributed by atoms with Gasteiger partial charge in [0.15, 0.2) is 0 Å². The van der Waals surface area contributed by atoms with Crippen molar-refractivity contribution in [2.24, 2.45) is 0 Å². The van der Waals surface area contributed by atoms with Gasteiger partial charge in [0.1, 0.15) is 9.84 Å². The Bertz CT molecular complexity index is 425. The van der Waals surface area contributed by atoms with E-state index in [0.717, 1.165) is 5.56 Å². The summed E-state index contributed by atoms with van der Waals surface area (Å²) in [5.41, 5.74) is 6.93. The molecule has 1 unspecified atom stereocenters. The van der Waals surface area contributed by atoms with Crippen LogP contribution in [-0.4, -0.2) is 25.5 Å². The average molecular weight is 243 g/mol. The molecule has 16 heavy (non-hydrogen) atoms. The van der Waals surface area contributed by atoms with Crippen LogP contribution >= 0.6 is 0 Å². The summed E-state index contributed by atoms with van der Waals surface area (Å²) in [7, 11) is -2.94. The first-order valence-corrected chi connectivity index (χ1v) is 7.16. The second-order valence-electron chi connectivity index (χ2n) is 3.95. The van der Waals surface area contributed by atoms with E-state index in [1.165, 1.54) is 6.26 Å². The monoisotopic (exact) mass is 243 g/mol. The third kappa shape index (κ3) is 4.63. The fourth-order valence-corrected chi connectivity index (χ4v) is 2.11. The molecule has 1 rings (SSSR count). The number of nitrogens with two attached hydrogens (primary N) is 1. The number of anilines is 1. The SMILES string of the molecule is CS(=O)(=O)CCCC(O)c1ccc(N)cc1. The molecule has 0 aliphatic rings. The number of aliphatic hydroxyl groups excluding tert-OH is 1. The molecule has 90 valence electrons. The van der Waals surface area contributed by atoms with E-state index < -0.39 is 15.9 Å². The van der Waals surface area contributed by atoms with Crippen molar-refractivity contribution in [1.82, 2.24) is 0 Å². The second kappa shape index (κ2) is 5.32. The number of hydrogen-bond donors (Lipinski definition) is 2. The van der Waals surface area contributed by atoms with Crippen molar-refractivity contribution in [1.29, 1.82) is 0 Å². The molecule has 0 radical (unpaired) electrons. The maximum atomic E-state index is 10.9. The van der Waals surface area contributed by atoms with Gasteiger partial charge in [-0.25, -0.2) is 8.42 Å². The molecule has 0 aromatic heterocycles. The topological polar surface area (TPSA) is 80.4 Å². The van der Waals surface area contributed by atoms with Gasteiger partial charge >= 0.3 is 0 Å². The summed E-state index contributed by atoms with van der Waals surface area (Å²) >= 11 is 0. The molecule has 4 nitrogen and oxygen atoms in total. The summed E-state index contributed by atoms with van der Waals surface area (Å²) in [6.07, 6.45) is 1.48. The Labute approximate surface area is 96.0 Å². The Hall–Kier alpha value is -1.07. The molecule has 1 aromatic carbocycles. The number of rotatable bonds is 5. The zero-order valence-corrected chi connectivity index (χ0v) is 10.1. The maximum absolute atomic E-state index is 10.9. The fourth-order valence-electron chi connectivity index (χ4n) is 1.42. The molecule has 0 fully saturated rings. The third-order valence-electron chi connectivity index (χ3n) is 2.31. The van der Waals surface area contributed by atoms with Crippen LogP contribution in [0.2, 0.25) is 0 Å². The molecule has 3 N–H and O–H groups in total. The van der Waals surface area contributed by atoms with Crippen LogP contribution in [0.5, 0.6) is 0 Å². The van der Waals surface area contributed by atoms with E-state index in [1.807, 2.05) is 0 Å². The van der Waals surface area contributed by atoms with Crippen molar-refractivity contribution >= 4 is 15.5 Å². The van der Waals surface area contributed by atoms with Crippen LogP contribution in [0, 0.1) is 0 Å². The minimum atomic E-state index is -2.94. The lowest BCUT2D eigenvalue weighted by Gasteiger charge is -2.10. The molecule has 0 saturated carbocycles. The van der Waals surface area contributed by atoms with Gasteiger partial charge in [0.05, 0.1) is 6.10 Å². The van der Waals surface area contributed by atoms with Crippen LogP contribution in [0.4, 0.5) is 5.69 Å². The van der Waals surface area contributed by atoms with E-state index in [-0.39, 0.29) is 5.75 Å². The predicted molar refractivity (Wildman–Crippen MR) is 64.8 cm³/mol. The van der Waals surface area contributed by atoms with Crippen molar-refractivity contribution in [3.05, 3.63) is 29.8 Å². The van der Waals surface area contributed by atoms with E-state index in [0.29, 0.717) is 18.5 Å². The van der Waals surface area contributed by atoms with E-state index in [2.05, 4.69) is 0 Å². The Morgan fingerprint density at radius 2 is 1.88 bits per heavy atom. The lowest BCUT2D eigenvalue weighted by Crippen LogP contribution is -2.05. The zero-order valence-electron chi connectivity index (χ0n) is 9.26. The van der Waals surface area contributed by atoms with Crippen molar-refractivity contribution in [3.63, 3.8) is 0 Å². The van der Waals surface area contributed by atoms with E-state index in [1.54, 1.807) is 24.3 Å². The van der Waals surface area contributed by atoms with Gasteiger partial charge in [-0.2, -0.15) is 0 Å². The van der Waals surface area contributed by atoms with Crippen LogP contribution in [-0.2, 0) is 9.84 Å². The molecule has 0 spiro atoms. The summed E-state index contributed by atoms with van der Waals surface area (Å²) in [4.78, 5) is 0. The number of aliphatic hydroxyl groups is 1. The van der Waals surface area contributed by atoms with Crippen LogP contribution in [0.15, 0.2) is 24.3 Å². The van der Waals surface area contributed by atoms with Crippen molar-refractivity contribution < 1.29 is 13.5 Å². The van der Waals surface area contributed by atoms with Crippen molar-refractivity contribution in [3.8, 4) is 0 Å². The van der Waals surface area contributed by atoms with Crippen LogP contribution < -0.4 is 5.73 Å². The summed E-state index contributed by atoms with van der Waals surface area (Å²) in [5.74, 6) is 0.110. The quantitative estimate of drug-likeness (QED) is 0.760. The van der Waals surface area contributed by atoms with Gasteiger partial charge in [-0.15, -0.1) is 0 Å². The minimum Gasteiger partial charge on any atom is -0.399 e. The minimum absolute atomic E-state index is 0.110. The molecule has 5 heteroatoms. The van der Waals surface area contributed by atoms with Gasteiger partial charge in [0, 0.05) is 17.7 Å². The summed E-state index contributed by atoms with van der Waals surface area (Å²) in [5, 5.41) is 9.77. The van der Waals surface area contributed by atoms with Crippen LogP contribution in [0.3, 0.4) is 0 Å². The average Bonchev–Trinajstić information content (AvgIpc) is 2.16. The molecule has 0 heterocycles. The molecule has 0 aliphatic heterocycles. The first kappa shape index (κ1) is 13.0. The zero-order chi connectivity index (χ0) is 12.2. The lowest BCUT2D eigenvalue weighted by molar-refractivity contribution is 0.167. The summed E-state index contributed by atoms with van der Waals surface area (Å²) in [6.45, 7) is 0. The van der Waals surface area contributed by atoms with Crippen LogP contribution in [0.1, 0.15) is 24.5 Å². The molecule has 0 saturated heterocycles. The summed E-state index contributed by atoms with van der Waals surface area (Å²) < 4.78 is 21.8. The molecular formula is C11H17NO3S. The number of nitrogen functional groups attached to an aromatic ring is 1. The smallest absolute Gasteiger partial charge is 0.147 e. The van der Waals surface area contributed by atoms with E-state index in [9.17, 15) is 13.5 Å². The Kier molecular flexibility index (Phi) is 4.32. The van der Waals surface area contributed by atoms with Gasteiger partial charge < -0.3 is 10.8 Å². The first-order chi connectivity index (χ1) is 7.38. The normalized spacial score (nSPS) is 13.6. The molecule has 1 atom stereocenters. The van der Waals surface area contributed by atoms with Gasteiger partial charge in [-0.1, -0.05) is 12.1 Å². The number of sulfone groups is 1. The fraction of sp³-hybridized carbons (Fsp3) is 0.455. The third-order valence-corrected chi connectivity index (χ3v) is 3.34. The highest BCUT2D eigenvalue weighted by Crippen LogP contribution is 2.19. The van der Waals surface area contributed by atoms with Gasteiger partial charge in [0.25, 0.3) is 0 Å². The molecule has 0 amide bonds. The Balaban J connectivity index is 2.47. The Morgan fingerprint density at radius 3 is 2.38 bits per heavy atom. The molecule has 0 bridgehead atoms. The molecule has 1 aromatic rings. The van der Waals surface area contributed by atoms with Crippen molar-refractivity contribution in [2.45, 2.75) is 18.9 Å². The Morgan fingerprint density at radius 1 is 1.31 bits per heavy atom. The van der Waals surface area contributed by atoms with E-state index >= 15 is 0 Å². The largest absolute Gasteiger partial charge is 0.399 e. The highest BCUT2D eigenvalue weighted by molar-refractivity contribution is 7.90. The van der Waals surface area contributed by atoms with Crippen molar-refractivity contribution in [2.75, 3.05) is 17.7 Å². The molecular weight excluding hydrogens is 226 g/mol.